The van der Waals surface area contributed by atoms with Gasteiger partial charge in [0.05, 0.1) is 12.1 Å². The van der Waals surface area contributed by atoms with Crippen LogP contribution in [0, 0.1) is 11.8 Å². The van der Waals surface area contributed by atoms with Crippen LogP contribution in [0.1, 0.15) is 28.8 Å². The molecule has 1 aromatic heterocycles. The third-order valence-electron chi connectivity index (χ3n) is 6.32. The van der Waals surface area contributed by atoms with Crippen LogP contribution in [-0.4, -0.2) is 56.4 Å². The minimum Gasteiger partial charge on any atom is -0.390 e. The van der Waals surface area contributed by atoms with Gasteiger partial charge in [-0.05, 0) is 48.4 Å². The molecule has 6 heteroatoms. The van der Waals surface area contributed by atoms with Crippen molar-refractivity contribution in [3.05, 3.63) is 59.7 Å². The number of aromatic nitrogens is 3. The lowest BCUT2D eigenvalue weighted by molar-refractivity contribution is 0.0355. The van der Waals surface area contributed by atoms with Gasteiger partial charge in [0.25, 0.3) is 0 Å². The van der Waals surface area contributed by atoms with Crippen molar-refractivity contribution < 1.29 is 9.90 Å². The first-order chi connectivity index (χ1) is 13.6. The molecule has 1 aliphatic heterocycles. The quantitative estimate of drug-likeness (QED) is 0.669. The van der Waals surface area contributed by atoms with Crippen LogP contribution in [0.25, 0.3) is 11.0 Å². The van der Waals surface area contributed by atoms with Gasteiger partial charge >= 0.3 is 0 Å². The zero-order valence-electron chi connectivity index (χ0n) is 15.7. The molecule has 144 valence electrons. The summed E-state index contributed by atoms with van der Waals surface area (Å²) in [6.07, 6.45) is 2.36. The monoisotopic (exact) mass is 376 g/mol. The number of nitrogens with one attached hydrogen (secondary N) is 1. The van der Waals surface area contributed by atoms with Crippen molar-refractivity contribution >= 4 is 16.8 Å². The fourth-order valence-corrected chi connectivity index (χ4v) is 5.12. The summed E-state index contributed by atoms with van der Waals surface area (Å²) in [5.74, 6) is 1.06. The molecule has 2 unspecified atom stereocenters. The Morgan fingerprint density at radius 1 is 1.07 bits per heavy atom. The summed E-state index contributed by atoms with van der Waals surface area (Å²) in [4.78, 5) is 14.9. The zero-order valence-corrected chi connectivity index (χ0v) is 15.7. The number of carbonyl (C=O) groups is 1. The first kappa shape index (κ1) is 17.5. The predicted molar refractivity (Wildman–Crippen MR) is 106 cm³/mol. The lowest BCUT2D eigenvalue weighted by Gasteiger charge is -2.26. The van der Waals surface area contributed by atoms with Crippen LogP contribution in [0.15, 0.2) is 48.5 Å². The summed E-state index contributed by atoms with van der Waals surface area (Å²) in [6, 6.07) is 15.7. The molecule has 1 aliphatic carbocycles. The van der Waals surface area contributed by atoms with Crippen LogP contribution in [0.2, 0.25) is 0 Å². The summed E-state index contributed by atoms with van der Waals surface area (Å²) in [5.41, 5.74) is 2.75. The van der Waals surface area contributed by atoms with Crippen LogP contribution < -0.4 is 0 Å². The third-order valence-corrected chi connectivity index (χ3v) is 6.32. The molecule has 3 aromatic rings. The number of hydrogen-bond acceptors (Lipinski definition) is 5. The first-order valence-electron chi connectivity index (χ1n) is 9.90. The standard InChI is InChI=1S/C22H24N4O2/c27-21(16-6-7-19-20(8-16)24-25-23-19)14-26-12-17-10-22(28,11-18(17)13-26)9-15-4-2-1-3-5-15/h1-8,17-18,28H,9-14H2,(H,23,24,25). The maximum atomic E-state index is 12.7. The molecule has 2 atom stereocenters. The molecular weight excluding hydrogens is 352 g/mol. The highest BCUT2D eigenvalue weighted by Gasteiger charge is 2.48. The fourth-order valence-electron chi connectivity index (χ4n) is 5.12. The van der Waals surface area contributed by atoms with E-state index < -0.39 is 5.60 Å². The number of aromatic amines is 1. The lowest BCUT2D eigenvalue weighted by Crippen LogP contribution is -2.34. The Morgan fingerprint density at radius 2 is 1.79 bits per heavy atom. The molecule has 2 fully saturated rings. The van der Waals surface area contributed by atoms with Gasteiger partial charge in [-0.25, -0.2) is 0 Å². The van der Waals surface area contributed by atoms with Crippen LogP contribution in [0.5, 0.6) is 0 Å². The van der Waals surface area contributed by atoms with Crippen molar-refractivity contribution in [3.8, 4) is 0 Å². The van der Waals surface area contributed by atoms with Gasteiger partial charge in [0.1, 0.15) is 11.0 Å². The van der Waals surface area contributed by atoms with E-state index in [1.165, 1.54) is 5.56 Å². The third kappa shape index (κ3) is 3.34. The second kappa shape index (κ2) is 6.79. The van der Waals surface area contributed by atoms with Gasteiger partial charge in [-0.3, -0.25) is 9.69 Å². The zero-order chi connectivity index (χ0) is 19.1. The van der Waals surface area contributed by atoms with E-state index in [4.69, 9.17) is 0 Å². The first-order valence-corrected chi connectivity index (χ1v) is 9.90. The molecule has 0 spiro atoms. The average Bonchev–Trinajstić information content (AvgIpc) is 3.35. The van der Waals surface area contributed by atoms with E-state index in [0.29, 0.717) is 23.9 Å². The van der Waals surface area contributed by atoms with Crippen molar-refractivity contribution in [2.24, 2.45) is 11.8 Å². The SMILES string of the molecule is O=C(CN1CC2CC(O)(Cc3ccccc3)CC2C1)c1ccc2n[nH]nc2c1. The minimum absolute atomic E-state index is 0.115. The number of hydrogen-bond donors (Lipinski definition) is 2. The van der Waals surface area contributed by atoms with E-state index in [9.17, 15) is 9.90 Å². The van der Waals surface area contributed by atoms with Gasteiger partial charge in [0.15, 0.2) is 5.78 Å². The molecule has 2 N–H and O–H groups in total. The molecule has 2 aromatic carbocycles. The maximum absolute atomic E-state index is 12.7. The second-order valence-corrected chi connectivity index (χ2v) is 8.46. The Labute approximate surface area is 163 Å². The van der Waals surface area contributed by atoms with Gasteiger partial charge in [-0.15, -0.1) is 0 Å². The van der Waals surface area contributed by atoms with E-state index in [0.717, 1.165) is 43.4 Å². The van der Waals surface area contributed by atoms with Crippen molar-refractivity contribution in [2.75, 3.05) is 19.6 Å². The molecule has 6 nitrogen and oxygen atoms in total. The second-order valence-electron chi connectivity index (χ2n) is 8.46. The number of nitrogens with zero attached hydrogens (tertiary/aromatic N) is 3. The Morgan fingerprint density at radius 3 is 2.54 bits per heavy atom. The number of H-pyrrole nitrogens is 1. The van der Waals surface area contributed by atoms with Crippen LogP contribution in [0.4, 0.5) is 0 Å². The van der Waals surface area contributed by atoms with Gasteiger partial charge in [0, 0.05) is 25.1 Å². The average molecular weight is 376 g/mol. The summed E-state index contributed by atoms with van der Waals surface area (Å²) in [7, 11) is 0. The normalized spacial score (nSPS) is 27.3. The number of rotatable bonds is 5. The molecule has 28 heavy (non-hydrogen) atoms. The van der Waals surface area contributed by atoms with E-state index in [1.807, 2.05) is 30.3 Å². The van der Waals surface area contributed by atoms with Crippen molar-refractivity contribution in [3.63, 3.8) is 0 Å². The minimum atomic E-state index is -0.606. The largest absolute Gasteiger partial charge is 0.390 e. The number of Topliss-reactive ketones (excluding diaryl/α,β-unsaturated/α-hetero) is 1. The van der Waals surface area contributed by atoms with Crippen molar-refractivity contribution in [1.29, 1.82) is 0 Å². The highest BCUT2D eigenvalue weighted by molar-refractivity contribution is 6.00. The Hall–Kier alpha value is -2.57. The highest BCUT2D eigenvalue weighted by Crippen LogP contribution is 2.45. The van der Waals surface area contributed by atoms with E-state index >= 15 is 0 Å². The van der Waals surface area contributed by atoms with Crippen molar-refractivity contribution in [2.45, 2.75) is 24.9 Å². The molecule has 1 saturated carbocycles. The van der Waals surface area contributed by atoms with Gasteiger partial charge in [-0.2, -0.15) is 15.4 Å². The van der Waals surface area contributed by atoms with Gasteiger partial charge in [-0.1, -0.05) is 30.3 Å². The predicted octanol–water partition coefficient (Wildman–Crippen LogP) is 2.46. The number of benzene rings is 2. The van der Waals surface area contributed by atoms with Crippen LogP contribution >= 0.6 is 0 Å². The van der Waals surface area contributed by atoms with Gasteiger partial charge in [0.2, 0.25) is 0 Å². The lowest BCUT2D eigenvalue weighted by atomic mass is 9.91. The van der Waals surface area contributed by atoms with Crippen LogP contribution in [0.3, 0.4) is 0 Å². The number of ketones is 1. The smallest absolute Gasteiger partial charge is 0.176 e. The number of aliphatic hydroxyl groups is 1. The number of fused-ring (bicyclic) bond motifs is 2. The molecular formula is C22H24N4O2. The van der Waals surface area contributed by atoms with E-state index in [1.54, 1.807) is 6.07 Å². The Bertz CT molecular complexity index is 986. The number of likely N-dealkylation sites (tertiary alicyclic amines) is 1. The summed E-state index contributed by atoms with van der Waals surface area (Å²) in [5, 5.41) is 21.7. The van der Waals surface area contributed by atoms with Crippen molar-refractivity contribution in [1.82, 2.24) is 20.3 Å². The van der Waals surface area contributed by atoms with E-state index in [-0.39, 0.29) is 5.78 Å². The number of carbonyl (C=O) groups excluding carboxylic acids is 1. The maximum Gasteiger partial charge on any atom is 0.176 e. The molecule has 1 saturated heterocycles. The molecule has 2 aliphatic rings. The molecule has 0 bridgehead atoms. The van der Waals surface area contributed by atoms with E-state index in [2.05, 4.69) is 32.4 Å². The van der Waals surface area contributed by atoms with Crippen LogP contribution in [-0.2, 0) is 6.42 Å². The molecule has 2 heterocycles. The topological polar surface area (TPSA) is 82.1 Å². The van der Waals surface area contributed by atoms with Gasteiger partial charge < -0.3 is 5.11 Å². The Balaban J connectivity index is 1.20. The summed E-state index contributed by atoms with van der Waals surface area (Å²) in [6.45, 7) is 2.20. The molecule has 5 rings (SSSR count). The fraction of sp³-hybridized carbons (Fsp3) is 0.409. The summed E-state index contributed by atoms with van der Waals surface area (Å²) >= 11 is 0. The molecule has 0 radical (unpaired) electrons. The summed E-state index contributed by atoms with van der Waals surface area (Å²) < 4.78 is 0. The molecule has 0 amide bonds. The highest BCUT2D eigenvalue weighted by atomic mass is 16.3. The Kier molecular flexibility index (Phi) is 4.25.